The number of rotatable bonds is 6. The largest absolute Gasteiger partial charge is 0.348 e. The number of nitrogens with zero attached hydrogens (tertiary/aromatic N) is 1. The number of carbonyl (C=O) groups is 1. The van der Waals surface area contributed by atoms with Crippen molar-refractivity contribution in [1.29, 1.82) is 0 Å². The van der Waals surface area contributed by atoms with Gasteiger partial charge in [-0.3, -0.25) is 4.79 Å². The molecule has 0 unspecified atom stereocenters. The molecule has 0 spiro atoms. The smallest absolute Gasteiger partial charge is 0.237 e. The third kappa shape index (κ3) is 4.20. The van der Waals surface area contributed by atoms with Crippen molar-refractivity contribution in [2.45, 2.75) is 12.7 Å². The van der Waals surface area contributed by atoms with Crippen LogP contribution in [0.2, 0.25) is 0 Å². The van der Waals surface area contributed by atoms with E-state index in [1.807, 2.05) is 0 Å². The Morgan fingerprint density at radius 3 is 2.73 bits per heavy atom. The van der Waals surface area contributed by atoms with Gasteiger partial charge in [-0.1, -0.05) is 6.08 Å². The lowest BCUT2D eigenvalue weighted by Gasteiger charge is -2.23. The number of ether oxygens (including phenoxy) is 2. The Labute approximate surface area is 94.8 Å². The van der Waals surface area contributed by atoms with E-state index in [0.717, 1.165) is 6.42 Å². The quantitative estimate of drug-likeness (QED) is 0.508. The Hall–Kier alpha value is -0.580. The number of amides is 1. The molecule has 86 valence electrons. The van der Waals surface area contributed by atoms with Crippen LogP contribution in [-0.4, -0.2) is 49.3 Å². The van der Waals surface area contributed by atoms with Gasteiger partial charge in [0.05, 0.1) is 19.8 Å². The van der Waals surface area contributed by atoms with Crippen molar-refractivity contribution in [1.82, 2.24) is 4.90 Å². The van der Waals surface area contributed by atoms with Crippen molar-refractivity contribution in [3.63, 3.8) is 0 Å². The van der Waals surface area contributed by atoms with Crippen molar-refractivity contribution in [2.24, 2.45) is 0 Å². The van der Waals surface area contributed by atoms with Crippen molar-refractivity contribution >= 4 is 17.5 Å². The van der Waals surface area contributed by atoms with Crippen molar-refractivity contribution < 1.29 is 14.3 Å². The van der Waals surface area contributed by atoms with Crippen LogP contribution in [0, 0.1) is 0 Å². The highest BCUT2D eigenvalue weighted by Gasteiger charge is 2.21. The standard InChI is InChI=1S/C10H16ClNO3/c1-2-3-4-12(9(13)7-11)8-10-14-5-6-15-10/h2,10H,1,3-8H2. The molecule has 0 aromatic carbocycles. The molecule has 1 amide bonds. The lowest BCUT2D eigenvalue weighted by molar-refractivity contribution is -0.134. The molecule has 5 heteroatoms. The van der Waals surface area contributed by atoms with Gasteiger partial charge in [-0.25, -0.2) is 0 Å². The number of alkyl halides is 1. The summed E-state index contributed by atoms with van der Waals surface area (Å²) in [5.74, 6) is -0.109. The Kier molecular flexibility index (Phi) is 5.68. The molecule has 0 radical (unpaired) electrons. The minimum atomic E-state index is -0.304. The molecule has 1 rings (SSSR count). The van der Waals surface area contributed by atoms with Crippen LogP contribution in [0.3, 0.4) is 0 Å². The number of hydrogen-bond donors (Lipinski definition) is 0. The van der Waals surface area contributed by atoms with Gasteiger partial charge in [0, 0.05) is 6.54 Å². The molecule has 1 aliphatic heterocycles. The van der Waals surface area contributed by atoms with Crippen LogP contribution in [0.1, 0.15) is 6.42 Å². The highest BCUT2D eigenvalue weighted by Crippen LogP contribution is 2.07. The van der Waals surface area contributed by atoms with Crippen LogP contribution >= 0.6 is 11.6 Å². The normalized spacial score (nSPS) is 16.6. The van der Waals surface area contributed by atoms with E-state index in [1.165, 1.54) is 0 Å². The highest BCUT2D eigenvalue weighted by atomic mass is 35.5. The van der Waals surface area contributed by atoms with Crippen LogP contribution in [0.15, 0.2) is 12.7 Å². The molecular weight excluding hydrogens is 218 g/mol. The van der Waals surface area contributed by atoms with Gasteiger partial charge in [0.15, 0.2) is 6.29 Å². The fourth-order valence-electron chi connectivity index (χ4n) is 1.34. The van der Waals surface area contributed by atoms with Gasteiger partial charge in [-0.15, -0.1) is 18.2 Å². The third-order valence-corrected chi connectivity index (χ3v) is 2.36. The van der Waals surface area contributed by atoms with E-state index in [0.29, 0.717) is 26.3 Å². The molecule has 0 aromatic rings. The third-order valence-electron chi connectivity index (χ3n) is 2.13. The van der Waals surface area contributed by atoms with Crippen LogP contribution in [0.5, 0.6) is 0 Å². The maximum Gasteiger partial charge on any atom is 0.237 e. The molecule has 1 saturated heterocycles. The predicted octanol–water partition coefficient (Wildman–Crippen LogP) is 1.00. The summed E-state index contributed by atoms with van der Waals surface area (Å²) < 4.78 is 10.5. The maximum absolute atomic E-state index is 11.5. The zero-order valence-electron chi connectivity index (χ0n) is 8.65. The van der Waals surface area contributed by atoms with Gasteiger partial charge in [-0.05, 0) is 6.42 Å². The van der Waals surface area contributed by atoms with E-state index in [1.54, 1.807) is 11.0 Å². The van der Waals surface area contributed by atoms with Crippen LogP contribution in [-0.2, 0) is 14.3 Å². The summed E-state index contributed by atoms with van der Waals surface area (Å²) in [5.41, 5.74) is 0. The molecule has 0 saturated carbocycles. The number of carbonyl (C=O) groups excluding carboxylic acids is 1. The second-order valence-electron chi connectivity index (χ2n) is 3.22. The first-order chi connectivity index (χ1) is 7.27. The van der Waals surface area contributed by atoms with Gasteiger partial charge < -0.3 is 14.4 Å². The summed E-state index contributed by atoms with van der Waals surface area (Å²) >= 11 is 5.51. The van der Waals surface area contributed by atoms with E-state index in [9.17, 15) is 4.79 Å². The first-order valence-corrected chi connectivity index (χ1v) is 5.49. The molecule has 1 heterocycles. The minimum Gasteiger partial charge on any atom is -0.348 e. The first kappa shape index (κ1) is 12.5. The Balaban J connectivity index is 2.39. The fourth-order valence-corrected chi connectivity index (χ4v) is 1.51. The minimum absolute atomic E-state index is 0.0101. The average molecular weight is 234 g/mol. The molecule has 0 bridgehead atoms. The van der Waals surface area contributed by atoms with Gasteiger partial charge in [0.25, 0.3) is 0 Å². The lowest BCUT2D eigenvalue weighted by Crippen LogP contribution is -2.39. The lowest BCUT2D eigenvalue weighted by atomic mass is 10.3. The van der Waals surface area contributed by atoms with E-state index in [2.05, 4.69) is 6.58 Å². The number of halogens is 1. The monoisotopic (exact) mass is 233 g/mol. The second-order valence-corrected chi connectivity index (χ2v) is 3.49. The fraction of sp³-hybridized carbons (Fsp3) is 0.700. The molecular formula is C10H16ClNO3. The van der Waals surface area contributed by atoms with Gasteiger partial charge in [0.2, 0.25) is 5.91 Å². The average Bonchev–Trinajstić information content (AvgIpc) is 2.75. The zero-order chi connectivity index (χ0) is 11.1. The van der Waals surface area contributed by atoms with E-state index >= 15 is 0 Å². The summed E-state index contributed by atoms with van der Waals surface area (Å²) in [7, 11) is 0. The molecule has 0 aromatic heterocycles. The molecule has 15 heavy (non-hydrogen) atoms. The molecule has 1 fully saturated rings. The highest BCUT2D eigenvalue weighted by molar-refractivity contribution is 6.27. The molecule has 0 aliphatic carbocycles. The summed E-state index contributed by atoms with van der Waals surface area (Å²) in [6, 6.07) is 0. The molecule has 0 N–H and O–H groups in total. The van der Waals surface area contributed by atoms with Crippen molar-refractivity contribution in [3.8, 4) is 0 Å². The van der Waals surface area contributed by atoms with Crippen LogP contribution in [0.4, 0.5) is 0 Å². The Morgan fingerprint density at radius 2 is 2.20 bits per heavy atom. The Morgan fingerprint density at radius 1 is 1.53 bits per heavy atom. The summed E-state index contributed by atoms with van der Waals surface area (Å²) in [6.07, 6.45) is 2.21. The molecule has 0 atom stereocenters. The number of hydrogen-bond acceptors (Lipinski definition) is 3. The maximum atomic E-state index is 11.5. The summed E-state index contributed by atoms with van der Waals surface area (Å²) in [6.45, 7) is 5.85. The van der Waals surface area contributed by atoms with Gasteiger partial charge in [0.1, 0.15) is 5.88 Å². The van der Waals surface area contributed by atoms with E-state index < -0.39 is 0 Å². The van der Waals surface area contributed by atoms with Crippen molar-refractivity contribution in [3.05, 3.63) is 12.7 Å². The van der Waals surface area contributed by atoms with Crippen molar-refractivity contribution in [2.75, 3.05) is 32.2 Å². The summed E-state index contributed by atoms with van der Waals surface area (Å²) in [5, 5.41) is 0. The van der Waals surface area contributed by atoms with E-state index in [-0.39, 0.29) is 18.1 Å². The first-order valence-electron chi connectivity index (χ1n) is 4.95. The van der Waals surface area contributed by atoms with Crippen LogP contribution < -0.4 is 0 Å². The molecule has 4 nitrogen and oxygen atoms in total. The zero-order valence-corrected chi connectivity index (χ0v) is 9.41. The second kappa shape index (κ2) is 6.82. The summed E-state index contributed by atoms with van der Waals surface area (Å²) in [4.78, 5) is 13.1. The van der Waals surface area contributed by atoms with Crippen LogP contribution in [0.25, 0.3) is 0 Å². The SMILES string of the molecule is C=CCCN(CC1OCCO1)C(=O)CCl. The topological polar surface area (TPSA) is 38.8 Å². The van der Waals surface area contributed by atoms with Gasteiger partial charge >= 0.3 is 0 Å². The Bertz CT molecular complexity index is 217. The van der Waals surface area contributed by atoms with Gasteiger partial charge in [-0.2, -0.15) is 0 Å². The van der Waals surface area contributed by atoms with E-state index in [4.69, 9.17) is 21.1 Å². The predicted molar refractivity (Wildman–Crippen MR) is 57.8 cm³/mol. The molecule has 1 aliphatic rings.